The number of amides is 1. The number of carbonyl (C=O) groups excluding carboxylic acids is 1. The number of aromatic nitrogens is 6. The van der Waals surface area contributed by atoms with Gasteiger partial charge in [-0.05, 0) is 57.4 Å². The lowest BCUT2D eigenvalue weighted by Crippen LogP contribution is -2.40. The number of aryl methyl sites for hydroxylation is 3. The fourth-order valence-corrected chi connectivity index (χ4v) is 5.05. The van der Waals surface area contributed by atoms with Crippen molar-refractivity contribution in [2.24, 2.45) is 7.05 Å². The Morgan fingerprint density at radius 2 is 1.97 bits per heavy atom. The number of rotatable bonds is 7. The van der Waals surface area contributed by atoms with Gasteiger partial charge in [0.1, 0.15) is 29.0 Å². The predicted molar refractivity (Wildman–Crippen MR) is 141 cm³/mol. The van der Waals surface area contributed by atoms with Crippen molar-refractivity contribution in [3.05, 3.63) is 76.4 Å². The number of benzene rings is 1. The van der Waals surface area contributed by atoms with Gasteiger partial charge in [0.05, 0.1) is 18.3 Å². The molecule has 4 aromatic rings. The molecular weight excluding hydrogens is 480 g/mol. The van der Waals surface area contributed by atoms with E-state index < -0.39 is 0 Å². The second-order valence-electron chi connectivity index (χ2n) is 9.45. The van der Waals surface area contributed by atoms with Crippen molar-refractivity contribution in [3.63, 3.8) is 0 Å². The van der Waals surface area contributed by atoms with Gasteiger partial charge in [0.25, 0.3) is 5.91 Å². The maximum Gasteiger partial charge on any atom is 0.254 e. The molecule has 1 atom stereocenters. The van der Waals surface area contributed by atoms with E-state index in [1.807, 2.05) is 51.9 Å². The Kier molecular flexibility index (Phi) is 6.68. The molecule has 0 spiro atoms. The molecule has 0 fully saturated rings. The highest BCUT2D eigenvalue weighted by Crippen LogP contribution is 2.35. The van der Waals surface area contributed by atoms with Gasteiger partial charge in [-0.3, -0.25) is 9.78 Å². The Hall–Kier alpha value is -4.52. The smallest absolute Gasteiger partial charge is 0.254 e. The van der Waals surface area contributed by atoms with Crippen molar-refractivity contribution in [2.75, 3.05) is 13.2 Å². The molecule has 0 radical (unpaired) electrons. The van der Waals surface area contributed by atoms with E-state index in [2.05, 4.69) is 36.8 Å². The first-order valence-electron chi connectivity index (χ1n) is 12.7. The fraction of sp³-hybridized carbons (Fsp3) is 0.357. The van der Waals surface area contributed by atoms with Gasteiger partial charge in [0, 0.05) is 55.9 Å². The second-order valence-corrected chi connectivity index (χ2v) is 9.45. The molecule has 1 amide bonds. The maximum atomic E-state index is 14.0. The average molecular weight is 511 g/mol. The number of ether oxygens (including phenoxy) is 1. The molecule has 5 rings (SSSR count). The van der Waals surface area contributed by atoms with E-state index in [0.29, 0.717) is 54.5 Å². The highest BCUT2D eigenvalue weighted by molar-refractivity contribution is 5.99. The van der Waals surface area contributed by atoms with Crippen molar-refractivity contribution in [2.45, 2.75) is 46.7 Å². The summed E-state index contributed by atoms with van der Waals surface area (Å²) < 4.78 is 9.48. The second kappa shape index (κ2) is 10.1. The third-order valence-corrected chi connectivity index (χ3v) is 6.99. The largest absolute Gasteiger partial charge is 0.492 e. The van der Waals surface area contributed by atoms with Crippen molar-refractivity contribution in [1.29, 1.82) is 5.26 Å². The molecule has 4 heterocycles. The molecule has 1 aliphatic rings. The van der Waals surface area contributed by atoms with E-state index >= 15 is 0 Å². The van der Waals surface area contributed by atoms with Gasteiger partial charge in [-0.15, -0.1) is 0 Å². The van der Waals surface area contributed by atoms with Gasteiger partial charge in [0.2, 0.25) is 0 Å². The molecule has 0 saturated carbocycles. The van der Waals surface area contributed by atoms with Crippen molar-refractivity contribution in [1.82, 2.24) is 34.2 Å². The van der Waals surface area contributed by atoms with Gasteiger partial charge < -0.3 is 14.2 Å². The number of pyridine rings is 1. The number of hydrogen-bond acceptors (Lipinski definition) is 7. The Morgan fingerprint density at radius 3 is 2.63 bits per heavy atom. The molecular formula is C28H30N8O2. The van der Waals surface area contributed by atoms with E-state index in [-0.39, 0.29) is 11.9 Å². The SMILES string of the molecule is CCOc1cc([C@H](C)N2CCc3c(cc(Cn4ccnc4C)cc3-c3nc(C)nn3C)C2=O)ncc1C#N. The topological polar surface area (TPSA) is 115 Å². The first kappa shape index (κ1) is 25.1. The van der Waals surface area contributed by atoms with Crippen LogP contribution in [-0.4, -0.2) is 53.3 Å². The molecule has 0 bridgehead atoms. The predicted octanol–water partition coefficient (Wildman–Crippen LogP) is 3.77. The highest BCUT2D eigenvalue weighted by Gasteiger charge is 2.32. The summed E-state index contributed by atoms with van der Waals surface area (Å²) in [6, 6.07) is 7.68. The number of carbonyl (C=O) groups is 1. The zero-order chi connectivity index (χ0) is 27.0. The fourth-order valence-electron chi connectivity index (χ4n) is 5.05. The first-order valence-corrected chi connectivity index (χ1v) is 12.7. The van der Waals surface area contributed by atoms with Crippen molar-refractivity contribution in [3.8, 4) is 23.2 Å². The third-order valence-electron chi connectivity index (χ3n) is 6.99. The van der Waals surface area contributed by atoms with Gasteiger partial charge in [0.15, 0.2) is 5.82 Å². The number of hydrogen-bond donors (Lipinski definition) is 0. The summed E-state index contributed by atoms with van der Waals surface area (Å²) in [6.07, 6.45) is 5.89. The molecule has 0 unspecified atom stereocenters. The summed E-state index contributed by atoms with van der Waals surface area (Å²) in [4.78, 5) is 29.3. The van der Waals surface area contributed by atoms with Gasteiger partial charge in [-0.1, -0.05) is 0 Å². The van der Waals surface area contributed by atoms with Crippen LogP contribution in [0.1, 0.15) is 64.3 Å². The first-order chi connectivity index (χ1) is 18.3. The lowest BCUT2D eigenvalue weighted by molar-refractivity contribution is 0.0669. The van der Waals surface area contributed by atoms with E-state index in [4.69, 9.17) is 4.74 Å². The minimum Gasteiger partial charge on any atom is -0.492 e. The molecule has 1 aromatic carbocycles. The van der Waals surface area contributed by atoms with Crippen molar-refractivity contribution >= 4 is 5.91 Å². The molecule has 10 heteroatoms. The Morgan fingerprint density at radius 1 is 1.18 bits per heavy atom. The maximum absolute atomic E-state index is 14.0. The highest BCUT2D eigenvalue weighted by atomic mass is 16.5. The molecule has 1 aliphatic heterocycles. The summed E-state index contributed by atoms with van der Waals surface area (Å²) in [5.41, 5.74) is 4.60. The minimum absolute atomic E-state index is 0.0628. The minimum atomic E-state index is -0.303. The summed E-state index contributed by atoms with van der Waals surface area (Å²) >= 11 is 0. The van der Waals surface area contributed by atoms with Crippen LogP contribution in [0.3, 0.4) is 0 Å². The summed E-state index contributed by atoms with van der Waals surface area (Å²) in [5.74, 6) is 2.74. The van der Waals surface area contributed by atoms with Gasteiger partial charge in [-0.2, -0.15) is 10.4 Å². The molecule has 3 aromatic heterocycles. The van der Waals surface area contributed by atoms with E-state index in [1.54, 1.807) is 16.9 Å². The summed E-state index contributed by atoms with van der Waals surface area (Å²) in [5, 5.41) is 13.8. The van der Waals surface area contributed by atoms with Crippen LogP contribution in [0.5, 0.6) is 5.75 Å². The van der Waals surface area contributed by atoms with Crippen LogP contribution in [0.25, 0.3) is 11.4 Å². The Balaban J connectivity index is 1.56. The number of nitriles is 1. The summed E-state index contributed by atoms with van der Waals surface area (Å²) in [7, 11) is 1.87. The van der Waals surface area contributed by atoms with Crippen molar-refractivity contribution < 1.29 is 9.53 Å². The zero-order valence-corrected chi connectivity index (χ0v) is 22.3. The molecule has 0 aliphatic carbocycles. The number of nitrogens with zero attached hydrogens (tertiary/aromatic N) is 8. The Labute approximate surface area is 221 Å². The lowest BCUT2D eigenvalue weighted by Gasteiger charge is -2.34. The number of imidazole rings is 1. The summed E-state index contributed by atoms with van der Waals surface area (Å²) in [6.45, 7) is 9.20. The van der Waals surface area contributed by atoms with Crippen LogP contribution < -0.4 is 4.74 Å². The van der Waals surface area contributed by atoms with Crippen LogP contribution in [0, 0.1) is 25.2 Å². The Bertz CT molecular complexity index is 1560. The standard InChI is InChI=1S/C28H30N8O2/c1-6-38-26-13-25(31-15-21(26)14-29)17(2)36-9-7-22-23(27-32-18(3)33-34(27)5)11-20(12-24(22)28(36)37)16-35-10-8-30-19(35)4/h8,10-13,15,17H,6-7,9,16H2,1-5H3/t17-/m0/s1. The number of fused-ring (bicyclic) bond motifs is 1. The van der Waals surface area contributed by atoms with Gasteiger partial charge >= 0.3 is 0 Å². The monoisotopic (exact) mass is 510 g/mol. The quantitative estimate of drug-likeness (QED) is 0.372. The van der Waals surface area contributed by atoms with Crippen LogP contribution in [0.15, 0.2) is 36.8 Å². The van der Waals surface area contributed by atoms with Crippen LogP contribution in [-0.2, 0) is 20.0 Å². The molecule has 0 saturated heterocycles. The van der Waals surface area contributed by atoms with Crippen LogP contribution >= 0.6 is 0 Å². The normalized spacial score (nSPS) is 13.8. The van der Waals surface area contributed by atoms with Crippen LogP contribution in [0.4, 0.5) is 0 Å². The van der Waals surface area contributed by atoms with E-state index in [1.165, 1.54) is 6.20 Å². The molecule has 0 N–H and O–H groups in total. The van der Waals surface area contributed by atoms with Crippen LogP contribution in [0.2, 0.25) is 0 Å². The van der Waals surface area contributed by atoms with E-state index in [9.17, 15) is 10.1 Å². The average Bonchev–Trinajstić information content (AvgIpc) is 3.47. The zero-order valence-electron chi connectivity index (χ0n) is 22.3. The lowest BCUT2D eigenvalue weighted by atomic mass is 9.90. The third kappa shape index (κ3) is 4.52. The molecule has 194 valence electrons. The molecule has 38 heavy (non-hydrogen) atoms. The van der Waals surface area contributed by atoms with Gasteiger partial charge in [-0.25, -0.2) is 14.6 Å². The van der Waals surface area contributed by atoms with E-state index in [0.717, 1.165) is 28.3 Å². The molecule has 10 nitrogen and oxygen atoms in total.